The van der Waals surface area contributed by atoms with Crippen molar-refractivity contribution in [3.63, 3.8) is 0 Å². The molecule has 0 unspecified atom stereocenters. The average molecular weight is 260 g/mol. The zero-order valence-electron chi connectivity index (χ0n) is 8.21. The van der Waals surface area contributed by atoms with E-state index in [1.165, 1.54) is 0 Å². The van der Waals surface area contributed by atoms with E-state index in [9.17, 15) is 5.11 Å². The van der Waals surface area contributed by atoms with Crippen molar-refractivity contribution in [3.8, 4) is 0 Å². The lowest BCUT2D eigenvalue weighted by Gasteiger charge is -2.18. The molecule has 14 heavy (non-hydrogen) atoms. The van der Waals surface area contributed by atoms with Gasteiger partial charge in [0.25, 0.3) is 0 Å². The molecule has 5 heteroatoms. The summed E-state index contributed by atoms with van der Waals surface area (Å²) < 4.78 is 0.837. The molecule has 0 spiro atoms. The van der Waals surface area contributed by atoms with Gasteiger partial charge in [0.15, 0.2) is 0 Å². The van der Waals surface area contributed by atoms with E-state index >= 15 is 0 Å². The number of rotatable bonds is 3. The Morgan fingerprint density at radius 2 is 2.29 bits per heavy atom. The molecule has 1 rings (SSSR count). The van der Waals surface area contributed by atoms with E-state index in [-0.39, 0.29) is 0 Å². The summed E-state index contributed by atoms with van der Waals surface area (Å²) in [5.41, 5.74) is 5.50. The summed E-state index contributed by atoms with van der Waals surface area (Å²) in [6.45, 7) is 3.84. The Morgan fingerprint density at radius 3 is 2.79 bits per heavy atom. The SMILES string of the molecule is CC(C)(O)CNc1ncc(Br)cc1N. The molecule has 1 heterocycles. The van der Waals surface area contributed by atoms with E-state index in [1.807, 2.05) is 0 Å². The highest BCUT2D eigenvalue weighted by Gasteiger charge is 2.12. The number of aromatic nitrogens is 1. The second-order valence-electron chi connectivity index (χ2n) is 3.76. The third kappa shape index (κ3) is 3.51. The lowest BCUT2D eigenvalue weighted by molar-refractivity contribution is 0.0944. The number of anilines is 2. The Morgan fingerprint density at radius 1 is 1.64 bits per heavy atom. The third-order valence-corrected chi connectivity index (χ3v) is 2.01. The fraction of sp³-hybridized carbons (Fsp3) is 0.444. The highest BCUT2D eigenvalue weighted by Crippen LogP contribution is 2.20. The Kier molecular flexibility index (Phi) is 3.34. The van der Waals surface area contributed by atoms with E-state index in [0.717, 1.165) is 4.47 Å². The van der Waals surface area contributed by atoms with Crippen molar-refractivity contribution in [3.05, 3.63) is 16.7 Å². The normalized spacial score (nSPS) is 11.4. The molecule has 4 nitrogen and oxygen atoms in total. The maximum absolute atomic E-state index is 9.48. The van der Waals surface area contributed by atoms with Gasteiger partial charge in [0.1, 0.15) is 5.82 Å². The van der Waals surface area contributed by atoms with Crippen molar-refractivity contribution >= 4 is 27.4 Å². The summed E-state index contributed by atoms with van der Waals surface area (Å²) in [7, 11) is 0. The maximum Gasteiger partial charge on any atom is 0.149 e. The molecule has 0 amide bonds. The Hall–Kier alpha value is -0.810. The van der Waals surface area contributed by atoms with Gasteiger partial charge in [-0.15, -0.1) is 0 Å². The van der Waals surface area contributed by atoms with Gasteiger partial charge in [-0.05, 0) is 35.8 Å². The average Bonchev–Trinajstić information content (AvgIpc) is 2.00. The van der Waals surface area contributed by atoms with Crippen molar-refractivity contribution in [2.75, 3.05) is 17.6 Å². The number of pyridine rings is 1. The molecule has 0 atom stereocenters. The zero-order chi connectivity index (χ0) is 10.8. The second-order valence-corrected chi connectivity index (χ2v) is 4.67. The number of nitrogens with zero attached hydrogens (tertiary/aromatic N) is 1. The zero-order valence-corrected chi connectivity index (χ0v) is 9.80. The van der Waals surface area contributed by atoms with Crippen LogP contribution in [0.2, 0.25) is 0 Å². The molecule has 78 valence electrons. The molecule has 1 aromatic heterocycles. The monoisotopic (exact) mass is 259 g/mol. The summed E-state index contributed by atoms with van der Waals surface area (Å²) in [5.74, 6) is 0.593. The molecule has 0 bridgehead atoms. The first-order valence-corrected chi connectivity index (χ1v) is 5.05. The van der Waals surface area contributed by atoms with Crippen molar-refractivity contribution in [1.82, 2.24) is 4.98 Å². The molecular formula is C9H14BrN3O. The minimum Gasteiger partial charge on any atom is -0.396 e. The van der Waals surface area contributed by atoms with E-state index in [0.29, 0.717) is 18.1 Å². The van der Waals surface area contributed by atoms with Crippen LogP contribution in [0.25, 0.3) is 0 Å². The number of nitrogens with one attached hydrogen (secondary N) is 1. The molecule has 0 aromatic carbocycles. The molecular weight excluding hydrogens is 246 g/mol. The third-order valence-electron chi connectivity index (χ3n) is 1.57. The first-order valence-electron chi connectivity index (χ1n) is 4.26. The summed E-state index contributed by atoms with van der Waals surface area (Å²) in [5, 5.41) is 12.5. The van der Waals surface area contributed by atoms with Crippen LogP contribution in [0.1, 0.15) is 13.8 Å². The van der Waals surface area contributed by atoms with Crippen molar-refractivity contribution in [2.45, 2.75) is 19.4 Å². The van der Waals surface area contributed by atoms with Crippen molar-refractivity contribution < 1.29 is 5.11 Å². The van der Waals surface area contributed by atoms with Gasteiger partial charge in [-0.3, -0.25) is 0 Å². The Labute approximate surface area is 91.7 Å². The lowest BCUT2D eigenvalue weighted by atomic mass is 10.1. The maximum atomic E-state index is 9.48. The van der Waals surface area contributed by atoms with Crippen LogP contribution in [0.15, 0.2) is 16.7 Å². The molecule has 0 aliphatic heterocycles. The fourth-order valence-electron chi connectivity index (χ4n) is 0.903. The standard InChI is InChI=1S/C9H14BrN3O/c1-9(2,14)5-13-8-7(11)3-6(10)4-12-8/h3-4,14H,5,11H2,1-2H3,(H,12,13). The molecule has 0 aliphatic carbocycles. The van der Waals surface area contributed by atoms with Crippen LogP contribution in [-0.2, 0) is 0 Å². The molecule has 4 N–H and O–H groups in total. The molecule has 0 saturated carbocycles. The minimum absolute atomic E-state index is 0.409. The van der Waals surface area contributed by atoms with Crippen LogP contribution >= 0.6 is 15.9 Å². The topological polar surface area (TPSA) is 71.2 Å². The summed E-state index contributed by atoms with van der Waals surface area (Å²) in [6.07, 6.45) is 1.66. The van der Waals surface area contributed by atoms with Gasteiger partial charge in [-0.2, -0.15) is 0 Å². The molecule has 0 radical (unpaired) electrons. The van der Waals surface area contributed by atoms with Gasteiger partial charge < -0.3 is 16.2 Å². The van der Waals surface area contributed by atoms with E-state index in [4.69, 9.17) is 5.73 Å². The Balaban J connectivity index is 2.68. The van der Waals surface area contributed by atoms with Crippen LogP contribution in [0.4, 0.5) is 11.5 Å². The summed E-state index contributed by atoms with van der Waals surface area (Å²) in [6, 6.07) is 1.76. The predicted octanol–water partition coefficient (Wildman–Crippen LogP) is 1.61. The predicted molar refractivity (Wildman–Crippen MR) is 61.1 cm³/mol. The number of nitrogens with two attached hydrogens (primary N) is 1. The highest BCUT2D eigenvalue weighted by molar-refractivity contribution is 9.10. The highest BCUT2D eigenvalue weighted by atomic mass is 79.9. The van der Waals surface area contributed by atoms with E-state index in [1.54, 1.807) is 26.1 Å². The number of hydrogen-bond donors (Lipinski definition) is 3. The second kappa shape index (κ2) is 4.14. The largest absolute Gasteiger partial charge is 0.396 e. The summed E-state index contributed by atoms with van der Waals surface area (Å²) >= 11 is 3.27. The van der Waals surface area contributed by atoms with Gasteiger partial charge in [-0.25, -0.2) is 4.98 Å². The Bertz CT molecular complexity index is 322. The first kappa shape index (κ1) is 11.3. The number of aliphatic hydroxyl groups is 1. The number of halogens is 1. The van der Waals surface area contributed by atoms with Crippen LogP contribution in [0, 0.1) is 0 Å². The van der Waals surface area contributed by atoms with E-state index < -0.39 is 5.60 Å². The van der Waals surface area contributed by atoms with Crippen molar-refractivity contribution in [2.24, 2.45) is 0 Å². The number of hydrogen-bond acceptors (Lipinski definition) is 4. The van der Waals surface area contributed by atoms with Crippen LogP contribution in [-0.4, -0.2) is 22.2 Å². The van der Waals surface area contributed by atoms with Crippen LogP contribution in [0.5, 0.6) is 0 Å². The molecule has 1 aromatic rings. The fourth-order valence-corrected chi connectivity index (χ4v) is 1.25. The lowest BCUT2D eigenvalue weighted by Crippen LogP contribution is -2.29. The molecule has 0 aliphatic rings. The van der Waals surface area contributed by atoms with Gasteiger partial charge in [0.2, 0.25) is 0 Å². The molecule has 0 fully saturated rings. The van der Waals surface area contributed by atoms with Crippen LogP contribution in [0.3, 0.4) is 0 Å². The van der Waals surface area contributed by atoms with Gasteiger partial charge in [-0.1, -0.05) is 0 Å². The van der Waals surface area contributed by atoms with Crippen LogP contribution < -0.4 is 11.1 Å². The van der Waals surface area contributed by atoms with Gasteiger partial charge in [0.05, 0.1) is 11.3 Å². The first-order chi connectivity index (χ1) is 6.38. The van der Waals surface area contributed by atoms with Gasteiger partial charge in [0, 0.05) is 17.2 Å². The quantitative estimate of drug-likeness (QED) is 0.772. The van der Waals surface area contributed by atoms with E-state index in [2.05, 4.69) is 26.2 Å². The molecule has 0 saturated heterocycles. The number of nitrogen functional groups attached to an aromatic ring is 1. The minimum atomic E-state index is -0.777. The smallest absolute Gasteiger partial charge is 0.149 e. The summed E-state index contributed by atoms with van der Waals surface area (Å²) in [4.78, 5) is 4.09. The van der Waals surface area contributed by atoms with Gasteiger partial charge >= 0.3 is 0 Å². The van der Waals surface area contributed by atoms with Crippen molar-refractivity contribution in [1.29, 1.82) is 0 Å².